The van der Waals surface area contributed by atoms with Gasteiger partial charge in [-0.3, -0.25) is 9.59 Å². The van der Waals surface area contributed by atoms with Crippen LogP contribution in [-0.4, -0.2) is 81.6 Å². The number of esters is 2. The Labute approximate surface area is 211 Å². The molecule has 0 aliphatic carbocycles. The fourth-order valence-electron chi connectivity index (χ4n) is 1.98. The minimum absolute atomic E-state index is 0.0644. The molecule has 0 fully saturated rings. The lowest BCUT2D eigenvalue weighted by molar-refractivity contribution is -0.149. The van der Waals surface area contributed by atoms with Crippen molar-refractivity contribution in [1.82, 2.24) is 0 Å². The van der Waals surface area contributed by atoms with Crippen LogP contribution in [0.1, 0.15) is 60.3 Å². The predicted molar refractivity (Wildman–Crippen MR) is 137 cm³/mol. The van der Waals surface area contributed by atoms with Gasteiger partial charge >= 0.3 is 11.9 Å². The molecule has 0 saturated heterocycles. The highest BCUT2D eigenvalue weighted by molar-refractivity contribution is 5.77. The Hall–Kier alpha value is -2.20. The third-order valence-corrected chi connectivity index (χ3v) is 3.50. The SMILES string of the molecule is CC.CCCCOCCOCCO.CCOC(=O)CCC(=O)OCC.OCCOc1ccccc1. The van der Waals surface area contributed by atoms with Gasteiger partial charge in [0.15, 0.2) is 0 Å². The number of hydrogen-bond donors (Lipinski definition) is 2. The molecule has 35 heavy (non-hydrogen) atoms. The van der Waals surface area contributed by atoms with Crippen LogP contribution < -0.4 is 4.74 Å². The van der Waals surface area contributed by atoms with Crippen molar-refractivity contribution >= 4 is 11.9 Å². The number of ether oxygens (including phenoxy) is 5. The fraction of sp³-hybridized carbons (Fsp3) is 0.692. The summed E-state index contributed by atoms with van der Waals surface area (Å²) < 4.78 is 24.6. The third-order valence-electron chi connectivity index (χ3n) is 3.50. The second kappa shape index (κ2) is 34.0. The van der Waals surface area contributed by atoms with E-state index in [2.05, 4.69) is 16.4 Å². The first-order valence-electron chi connectivity index (χ1n) is 12.4. The van der Waals surface area contributed by atoms with Crippen LogP contribution in [0.3, 0.4) is 0 Å². The van der Waals surface area contributed by atoms with Crippen LogP contribution in [0.25, 0.3) is 0 Å². The molecule has 0 aliphatic rings. The van der Waals surface area contributed by atoms with E-state index in [1.165, 1.54) is 0 Å². The molecular formula is C26H48O9. The quantitative estimate of drug-likeness (QED) is 0.256. The second-order valence-corrected chi connectivity index (χ2v) is 6.30. The lowest BCUT2D eigenvalue weighted by atomic mass is 10.3. The molecule has 0 amide bonds. The predicted octanol–water partition coefficient (Wildman–Crippen LogP) is 3.79. The molecule has 0 atom stereocenters. The zero-order chi connectivity index (χ0) is 27.0. The molecule has 1 aromatic carbocycles. The van der Waals surface area contributed by atoms with Crippen molar-refractivity contribution in [2.45, 2.75) is 60.3 Å². The molecular weight excluding hydrogens is 456 g/mol. The summed E-state index contributed by atoms with van der Waals surface area (Å²) in [4.78, 5) is 21.4. The molecule has 2 N–H and O–H groups in total. The lowest BCUT2D eigenvalue weighted by Crippen LogP contribution is -2.09. The number of unbranched alkanes of at least 4 members (excludes halogenated alkanes) is 1. The number of benzene rings is 1. The average molecular weight is 505 g/mol. The number of carbonyl (C=O) groups is 2. The van der Waals surface area contributed by atoms with Gasteiger partial charge in [0.05, 0.1) is 59.1 Å². The molecule has 1 rings (SSSR count). The topological polar surface area (TPSA) is 121 Å². The van der Waals surface area contributed by atoms with Crippen LogP contribution in [0.2, 0.25) is 0 Å². The molecule has 9 nitrogen and oxygen atoms in total. The molecule has 1 aromatic rings. The molecule has 0 saturated carbocycles. The zero-order valence-electron chi connectivity index (χ0n) is 22.3. The van der Waals surface area contributed by atoms with Gasteiger partial charge in [-0.25, -0.2) is 0 Å². The fourth-order valence-corrected chi connectivity index (χ4v) is 1.98. The molecule has 0 bridgehead atoms. The maximum absolute atomic E-state index is 10.7. The van der Waals surface area contributed by atoms with Gasteiger partial charge in [0, 0.05) is 6.61 Å². The Bertz CT molecular complexity index is 513. The van der Waals surface area contributed by atoms with Gasteiger partial charge in [0.1, 0.15) is 12.4 Å². The summed E-state index contributed by atoms with van der Waals surface area (Å²) in [5.41, 5.74) is 0. The monoisotopic (exact) mass is 504 g/mol. The molecule has 0 unspecified atom stereocenters. The number of para-hydroxylation sites is 1. The number of aliphatic hydroxyl groups excluding tert-OH is 2. The Balaban J connectivity index is -0.000000424. The smallest absolute Gasteiger partial charge is 0.306 e. The summed E-state index contributed by atoms with van der Waals surface area (Å²) in [5, 5.41) is 16.7. The first-order valence-corrected chi connectivity index (χ1v) is 12.4. The zero-order valence-corrected chi connectivity index (χ0v) is 22.3. The standard InChI is InChI=1S/C8H14O4.C8H18O3.C8H10O2.C2H6/c1-3-11-7(9)5-6-8(10)12-4-2;1-2-3-5-10-7-8-11-6-4-9;9-6-7-10-8-4-2-1-3-5-8;1-2/h3-6H2,1-2H3;9H,2-8H2,1H3;1-5,9H,6-7H2;1-2H3. The number of hydrogen-bond acceptors (Lipinski definition) is 9. The average Bonchev–Trinajstić information content (AvgIpc) is 2.89. The van der Waals surface area contributed by atoms with Gasteiger partial charge in [0.25, 0.3) is 0 Å². The first kappa shape index (κ1) is 37.4. The van der Waals surface area contributed by atoms with Crippen molar-refractivity contribution in [1.29, 1.82) is 0 Å². The minimum Gasteiger partial charge on any atom is -0.491 e. The number of carbonyl (C=O) groups excluding carboxylic acids is 2. The van der Waals surface area contributed by atoms with Gasteiger partial charge in [-0.05, 0) is 32.4 Å². The van der Waals surface area contributed by atoms with Gasteiger partial charge in [-0.15, -0.1) is 0 Å². The Morgan fingerprint density at radius 2 is 1.20 bits per heavy atom. The van der Waals surface area contributed by atoms with Crippen molar-refractivity contribution < 1.29 is 43.5 Å². The highest BCUT2D eigenvalue weighted by Gasteiger charge is 2.07. The first-order chi connectivity index (χ1) is 17.0. The van der Waals surface area contributed by atoms with E-state index in [1.54, 1.807) is 13.8 Å². The Morgan fingerprint density at radius 3 is 1.63 bits per heavy atom. The molecule has 0 aromatic heterocycles. The third kappa shape index (κ3) is 34.0. The van der Waals surface area contributed by atoms with Gasteiger partial charge in [-0.1, -0.05) is 45.4 Å². The van der Waals surface area contributed by atoms with Crippen molar-refractivity contribution in [3.05, 3.63) is 30.3 Å². The van der Waals surface area contributed by atoms with Crippen LogP contribution in [-0.2, 0) is 28.5 Å². The van der Waals surface area contributed by atoms with E-state index in [9.17, 15) is 9.59 Å². The Morgan fingerprint density at radius 1 is 0.714 bits per heavy atom. The second-order valence-electron chi connectivity index (χ2n) is 6.30. The molecule has 9 heteroatoms. The van der Waals surface area contributed by atoms with E-state index in [-0.39, 0.29) is 38.0 Å². The molecule has 0 spiro atoms. The summed E-state index contributed by atoms with van der Waals surface area (Å²) in [5.74, 6) is 0.0904. The van der Waals surface area contributed by atoms with Crippen LogP contribution in [0.15, 0.2) is 30.3 Å². The van der Waals surface area contributed by atoms with E-state index < -0.39 is 0 Å². The summed E-state index contributed by atoms with van der Waals surface area (Å²) in [6, 6.07) is 9.43. The molecule has 0 heterocycles. The largest absolute Gasteiger partial charge is 0.491 e. The number of rotatable bonds is 16. The summed E-state index contributed by atoms with van der Waals surface area (Å²) >= 11 is 0. The van der Waals surface area contributed by atoms with Crippen LogP contribution in [0.4, 0.5) is 0 Å². The summed E-state index contributed by atoms with van der Waals surface area (Å²) in [6.45, 7) is 13.3. The maximum Gasteiger partial charge on any atom is 0.306 e. The molecule has 0 aliphatic heterocycles. The van der Waals surface area contributed by atoms with Crippen molar-refractivity contribution in [2.24, 2.45) is 0 Å². The highest BCUT2D eigenvalue weighted by atomic mass is 16.5. The Kier molecular flexibility index (Phi) is 36.3. The van der Waals surface area contributed by atoms with Gasteiger partial charge < -0.3 is 33.9 Å². The summed E-state index contributed by atoms with van der Waals surface area (Å²) in [6.07, 6.45) is 2.48. The molecule has 0 radical (unpaired) electrons. The van der Waals surface area contributed by atoms with E-state index in [4.69, 9.17) is 24.4 Å². The summed E-state index contributed by atoms with van der Waals surface area (Å²) in [7, 11) is 0. The van der Waals surface area contributed by atoms with E-state index in [0.717, 1.165) is 25.2 Å². The number of aliphatic hydroxyl groups is 2. The van der Waals surface area contributed by atoms with Crippen LogP contribution in [0, 0.1) is 0 Å². The normalized spacial score (nSPS) is 9.23. The van der Waals surface area contributed by atoms with Crippen LogP contribution >= 0.6 is 0 Å². The molecule has 206 valence electrons. The van der Waals surface area contributed by atoms with Crippen molar-refractivity contribution in [3.63, 3.8) is 0 Å². The van der Waals surface area contributed by atoms with Gasteiger partial charge in [-0.2, -0.15) is 0 Å². The van der Waals surface area contributed by atoms with Crippen molar-refractivity contribution in [2.75, 3.05) is 59.5 Å². The van der Waals surface area contributed by atoms with E-state index in [1.807, 2.05) is 44.2 Å². The maximum atomic E-state index is 10.7. The van der Waals surface area contributed by atoms with Crippen LogP contribution in [0.5, 0.6) is 5.75 Å². The van der Waals surface area contributed by atoms with E-state index >= 15 is 0 Å². The van der Waals surface area contributed by atoms with E-state index in [0.29, 0.717) is 39.6 Å². The highest BCUT2D eigenvalue weighted by Crippen LogP contribution is 2.07. The van der Waals surface area contributed by atoms with Gasteiger partial charge in [0.2, 0.25) is 0 Å². The lowest BCUT2D eigenvalue weighted by Gasteiger charge is -2.02. The van der Waals surface area contributed by atoms with Crippen molar-refractivity contribution in [3.8, 4) is 5.75 Å². The minimum atomic E-state index is -0.356.